The first-order valence-corrected chi connectivity index (χ1v) is 7.84. The molecule has 0 bridgehead atoms. The molecule has 128 valence electrons. The lowest BCUT2D eigenvalue weighted by atomic mass is 10.0. The van der Waals surface area contributed by atoms with Gasteiger partial charge in [0.2, 0.25) is 0 Å². The zero-order valence-corrected chi connectivity index (χ0v) is 14.4. The summed E-state index contributed by atoms with van der Waals surface area (Å²) in [5.74, 6) is 1.77. The van der Waals surface area contributed by atoms with Crippen molar-refractivity contribution in [2.45, 2.75) is 6.42 Å². The maximum atomic E-state index is 12.6. The van der Waals surface area contributed by atoms with E-state index in [0.29, 0.717) is 28.5 Å². The minimum absolute atomic E-state index is 0.0502. The number of pyridine rings is 1. The van der Waals surface area contributed by atoms with Crippen molar-refractivity contribution in [3.63, 3.8) is 0 Å². The number of methoxy groups -OCH3 is 3. The number of nitrogens with zero attached hydrogens (tertiary/aromatic N) is 1. The van der Waals surface area contributed by atoms with Crippen LogP contribution in [0.25, 0.3) is 10.9 Å². The number of hydrogen-bond acceptors (Lipinski definition) is 5. The van der Waals surface area contributed by atoms with E-state index in [1.54, 1.807) is 45.6 Å². The van der Waals surface area contributed by atoms with Gasteiger partial charge in [0.05, 0.1) is 39.0 Å². The zero-order valence-electron chi connectivity index (χ0n) is 14.4. The van der Waals surface area contributed by atoms with Crippen LogP contribution in [0.1, 0.15) is 16.1 Å². The molecule has 0 saturated carbocycles. The summed E-state index contributed by atoms with van der Waals surface area (Å²) in [6, 6.07) is 14.6. The Morgan fingerprint density at radius 3 is 2.32 bits per heavy atom. The molecule has 0 atom stereocenters. The Morgan fingerprint density at radius 1 is 0.880 bits per heavy atom. The first kappa shape index (κ1) is 16.8. The monoisotopic (exact) mass is 337 g/mol. The molecule has 3 aromatic rings. The lowest BCUT2D eigenvalue weighted by molar-refractivity contribution is 0.0991. The van der Waals surface area contributed by atoms with Crippen molar-refractivity contribution in [2.75, 3.05) is 21.3 Å². The molecular formula is C20H19NO4. The van der Waals surface area contributed by atoms with Gasteiger partial charge < -0.3 is 14.2 Å². The van der Waals surface area contributed by atoms with Gasteiger partial charge in [0, 0.05) is 17.0 Å². The number of hydrogen-bond donors (Lipinski definition) is 0. The topological polar surface area (TPSA) is 57.7 Å². The normalized spacial score (nSPS) is 10.5. The summed E-state index contributed by atoms with van der Waals surface area (Å²) in [4.78, 5) is 17.2. The van der Waals surface area contributed by atoms with Crippen molar-refractivity contribution in [3.8, 4) is 17.2 Å². The van der Waals surface area contributed by atoms with Gasteiger partial charge in [-0.3, -0.25) is 9.78 Å². The predicted molar refractivity (Wildman–Crippen MR) is 95.9 cm³/mol. The number of ketones is 1. The Kier molecular flexibility index (Phi) is 4.84. The Bertz CT molecular complexity index is 921. The van der Waals surface area contributed by atoms with Crippen molar-refractivity contribution < 1.29 is 19.0 Å². The van der Waals surface area contributed by atoms with Gasteiger partial charge in [-0.1, -0.05) is 12.1 Å². The van der Waals surface area contributed by atoms with Gasteiger partial charge in [-0.15, -0.1) is 0 Å². The van der Waals surface area contributed by atoms with Crippen LogP contribution in [-0.4, -0.2) is 32.1 Å². The zero-order chi connectivity index (χ0) is 17.8. The number of fused-ring (bicyclic) bond motifs is 1. The molecule has 0 aliphatic carbocycles. The van der Waals surface area contributed by atoms with E-state index in [2.05, 4.69) is 4.98 Å². The van der Waals surface area contributed by atoms with Crippen LogP contribution in [-0.2, 0) is 6.42 Å². The predicted octanol–water partition coefficient (Wildman–Crippen LogP) is 3.69. The van der Waals surface area contributed by atoms with Crippen molar-refractivity contribution in [1.29, 1.82) is 0 Å². The lowest BCUT2D eigenvalue weighted by Crippen LogP contribution is -2.06. The van der Waals surface area contributed by atoms with Crippen LogP contribution in [0.4, 0.5) is 0 Å². The quantitative estimate of drug-likeness (QED) is 0.642. The molecule has 2 aromatic carbocycles. The Hall–Kier alpha value is -3.08. The molecule has 0 saturated heterocycles. The first-order valence-electron chi connectivity index (χ1n) is 7.84. The second-order valence-electron chi connectivity index (χ2n) is 5.50. The minimum atomic E-state index is -0.0502. The van der Waals surface area contributed by atoms with Crippen molar-refractivity contribution in [2.24, 2.45) is 0 Å². The highest BCUT2D eigenvalue weighted by molar-refractivity contribution is 5.98. The molecule has 5 nitrogen and oxygen atoms in total. The highest BCUT2D eigenvalue weighted by Gasteiger charge is 2.14. The standard InChI is InChI=1S/C20H19NO4/c1-23-18-9-8-13(10-20(18)25-3)17(22)11-14-12-19(24-2)15-6-4-5-7-16(15)21-14/h4-10,12H,11H2,1-3H3. The number of para-hydroxylation sites is 1. The van der Waals surface area contributed by atoms with Crippen LogP contribution in [0.2, 0.25) is 0 Å². The third-order valence-electron chi connectivity index (χ3n) is 4.00. The number of carbonyl (C=O) groups excluding carboxylic acids is 1. The van der Waals surface area contributed by atoms with Crippen LogP contribution in [0.15, 0.2) is 48.5 Å². The van der Waals surface area contributed by atoms with E-state index >= 15 is 0 Å². The van der Waals surface area contributed by atoms with Gasteiger partial charge in [0.1, 0.15) is 5.75 Å². The third kappa shape index (κ3) is 3.40. The minimum Gasteiger partial charge on any atom is -0.496 e. The highest BCUT2D eigenvalue weighted by Crippen LogP contribution is 2.29. The molecular weight excluding hydrogens is 318 g/mol. The molecule has 0 unspecified atom stereocenters. The first-order chi connectivity index (χ1) is 12.2. The number of Topliss-reactive ketones (excluding diaryl/α,β-unsaturated/α-hetero) is 1. The highest BCUT2D eigenvalue weighted by atomic mass is 16.5. The fourth-order valence-electron chi connectivity index (χ4n) is 2.73. The molecule has 0 spiro atoms. The maximum absolute atomic E-state index is 12.6. The SMILES string of the molecule is COc1ccc(C(=O)Cc2cc(OC)c3ccccc3n2)cc1OC. The van der Waals surface area contributed by atoms with E-state index in [-0.39, 0.29) is 12.2 Å². The summed E-state index contributed by atoms with van der Waals surface area (Å²) >= 11 is 0. The van der Waals surface area contributed by atoms with Gasteiger partial charge in [0.15, 0.2) is 17.3 Å². The lowest BCUT2D eigenvalue weighted by Gasteiger charge is -2.10. The fourth-order valence-corrected chi connectivity index (χ4v) is 2.73. The average molecular weight is 337 g/mol. The summed E-state index contributed by atoms with van der Waals surface area (Å²) in [7, 11) is 4.72. The molecule has 0 N–H and O–H groups in total. The van der Waals surface area contributed by atoms with E-state index < -0.39 is 0 Å². The molecule has 3 rings (SSSR count). The molecule has 1 heterocycles. The molecule has 25 heavy (non-hydrogen) atoms. The van der Waals surface area contributed by atoms with Crippen molar-refractivity contribution >= 4 is 16.7 Å². The fraction of sp³-hybridized carbons (Fsp3) is 0.200. The molecule has 5 heteroatoms. The number of carbonyl (C=O) groups is 1. The van der Waals surface area contributed by atoms with E-state index in [0.717, 1.165) is 10.9 Å². The number of benzene rings is 2. The van der Waals surface area contributed by atoms with Crippen molar-refractivity contribution in [1.82, 2.24) is 4.98 Å². The summed E-state index contributed by atoms with van der Waals surface area (Å²) in [5, 5.41) is 0.923. The summed E-state index contributed by atoms with van der Waals surface area (Å²) in [6.07, 6.45) is 0.177. The average Bonchev–Trinajstić information content (AvgIpc) is 2.66. The van der Waals surface area contributed by atoms with Crippen molar-refractivity contribution in [3.05, 3.63) is 59.8 Å². The van der Waals surface area contributed by atoms with Crippen LogP contribution >= 0.6 is 0 Å². The van der Waals surface area contributed by atoms with E-state index in [1.165, 1.54) is 0 Å². The number of rotatable bonds is 6. The van der Waals surface area contributed by atoms with Crippen LogP contribution in [0, 0.1) is 0 Å². The molecule has 0 radical (unpaired) electrons. The van der Waals surface area contributed by atoms with Gasteiger partial charge in [0.25, 0.3) is 0 Å². The van der Waals surface area contributed by atoms with Gasteiger partial charge in [-0.2, -0.15) is 0 Å². The van der Waals surface area contributed by atoms with Gasteiger partial charge in [-0.25, -0.2) is 0 Å². The Labute approximate surface area is 146 Å². The van der Waals surface area contributed by atoms with E-state index in [1.807, 2.05) is 24.3 Å². The summed E-state index contributed by atoms with van der Waals surface area (Å²) in [6.45, 7) is 0. The second-order valence-corrected chi connectivity index (χ2v) is 5.50. The Morgan fingerprint density at radius 2 is 1.60 bits per heavy atom. The van der Waals surface area contributed by atoms with Gasteiger partial charge in [-0.05, 0) is 30.3 Å². The molecule has 0 aliphatic heterocycles. The van der Waals surface area contributed by atoms with Crippen LogP contribution < -0.4 is 14.2 Å². The molecule has 0 aliphatic rings. The number of ether oxygens (including phenoxy) is 3. The second kappa shape index (κ2) is 7.21. The Balaban J connectivity index is 1.92. The largest absolute Gasteiger partial charge is 0.496 e. The van der Waals surface area contributed by atoms with Crippen LogP contribution in [0.5, 0.6) is 17.2 Å². The van der Waals surface area contributed by atoms with Crippen LogP contribution in [0.3, 0.4) is 0 Å². The smallest absolute Gasteiger partial charge is 0.168 e. The maximum Gasteiger partial charge on any atom is 0.168 e. The molecule has 1 aromatic heterocycles. The van der Waals surface area contributed by atoms with E-state index in [4.69, 9.17) is 14.2 Å². The van der Waals surface area contributed by atoms with E-state index in [9.17, 15) is 4.79 Å². The van der Waals surface area contributed by atoms with Gasteiger partial charge >= 0.3 is 0 Å². The molecule has 0 amide bonds. The summed E-state index contributed by atoms with van der Waals surface area (Å²) < 4.78 is 15.9. The third-order valence-corrected chi connectivity index (χ3v) is 4.00. The number of aromatic nitrogens is 1. The molecule has 0 fully saturated rings. The summed E-state index contributed by atoms with van der Waals surface area (Å²) in [5.41, 5.74) is 2.01.